The Morgan fingerprint density at radius 1 is 1.19 bits per heavy atom. The molecule has 4 nitrogen and oxygen atoms in total. The first-order valence-electron chi connectivity index (χ1n) is 8.31. The number of para-hydroxylation sites is 1. The van der Waals surface area contributed by atoms with Crippen molar-refractivity contribution in [3.05, 3.63) is 63.9 Å². The van der Waals surface area contributed by atoms with Crippen LogP contribution in [0.5, 0.6) is 5.75 Å². The normalized spacial score (nSPS) is 10.5. The maximum Gasteiger partial charge on any atom is 0.226 e. The lowest BCUT2D eigenvalue weighted by molar-refractivity contribution is -0.116. The van der Waals surface area contributed by atoms with Crippen LogP contribution in [0.15, 0.2) is 58.4 Å². The Morgan fingerprint density at radius 3 is 2.73 bits per heavy atom. The highest BCUT2D eigenvalue weighted by molar-refractivity contribution is 9.10. The molecule has 0 spiro atoms. The Kier molecular flexibility index (Phi) is 6.41. The Bertz CT molecular complexity index is 878. The summed E-state index contributed by atoms with van der Waals surface area (Å²) in [5.41, 5.74) is 2.98. The number of aromatic nitrogens is 1. The fourth-order valence-electron chi connectivity index (χ4n) is 2.40. The molecule has 3 aromatic rings. The molecule has 134 valence electrons. The number of aryl methyl sites for hydroxylation is 1. The van der Waals surface area contributed by atoms with Gasteiger partial charge in [-0.3, -0.25) is 4.79 Å². The molecular weight excluding hydrogens is 412 g/mol. The molecule has 1 N–H and O–H groups in total. The summed E-state index contributed by atoms with van der Waals surface area (Å²) in [5.74, 6) is 0.821. The van der Waals surface area contributed by atoms with Crippen molar-refractivity contribution >= 4 is 38.3 Å². The molecule has 0 saturated carbocycles. The molecule has 0 aliphatic carbocycles. The number of thiazole rings is 1. The van der Waals surface area contributed by atoms with Gasteiger partial charge in [0.2, 0.25) is 5.91 Å². The molecule has 0 aliphatic heterocycles. The fraction of sp³-hybridized carbons (Fsp3) is 0.200. The zero-order valence-electron chi connectivity index (χ0n) is 14.4. The molecule has 3 rings (SSSR count). The molecule has 1 heterocycles. The van der Waals surface area contributed by atoms with Crippen molar-refractivity contribution in [1.82, 2.24) is 4.98 Å². The summed E-state index contributed by atoms with van der Waals surface area (Å²) in [7, 11) is 0. The van der Waals surface area contributed by atoms with E-state index in [0.717, 1.165) is 27.0 Å². The molecule has 2 aromatic carbocycles. The smallest absolute Gasteiger partial charge is 0.226 e. The Hall–Kier alpha value is -2.18. The number of hydrogen-bond donors (Lipinski definition) is 1. The van der Waals surface area contributed by atoms with Gasteiger partial charge in [0.05, 0.1) is 12.3 Å². The molecule has 0 radical (unpaired) electrons. The maximum atomic E-state index is 12.1. The lowest BCUT2D eigenvalue weighted by Crippen LogP contribution is -2.12. The summed E-state index contributed by atoms with van der Waals surface area (Å²) in [6, 6.07) is 15.8. The molecule has 26 heavy (non-hydrogen) atoms. The lowest BCUT2D eigenvalue weighted by Gasteiger charge is -2.08. The maximum absolute atomic E-state index is 12.1. The summed E-state index contributed by atoms with van der Waals surface area (Å²) in [6.45, 7) is 2.52. The number of amides is 1. The number of carbonyl (C=O) groups excluding carboxylic acids is 1. The van der Waals surface area contributed by atoms with E-state index in [4.69, 9.17) is 4.74 Å². The van der Waals surface area contributed by atoms with Gasteiger partial charge in [0.25, 0.3) is 0 Å². The number of rotatable bonds is 7. The first-order valence-corrected chi connectivity index (χ1v) is 9.99. The molecule has 0 bridgehead atoms. The van der Waals surface area contributed by atoms with Crippen LogP contribution in [0.1, 0.15) is 18.4 Å². The summed E-state index contributed by atoms with van der Waals surface area (Å²) < 4.78 is 6.74. The summed E-state index contributed by atoms with van der Waals surface area (Å²) in [4.78, 5) is 16.6. The second kappa shape index (κ2) is 8.96. The van der Waals surface area contributed by atoms with E-state index >= 15 is 0 Å². The van der Waals surface area contributed by atoms with E-state index in [2.05, 4.69) is 26.2 Å². The van der Waals surface area contributed by atoms with E-state index in [1.165, 1.54) is 11.3 Å². The number of halogens is 1. The number of nitrogens with zero attached hydrogens (tertiary/aromatic N) is 1. The minimum Gasteiger partial charge on any atom is -0.493 e. The quantitative estimate of drug-likeness (QED) is 0.490. The van der Waals surface area contributed by atoms with Gasteiger partial charge < -0.3 is 10.1 Å². The van der Waals surface area contributed by atoms with Crippen LogP contribution in [-0.2, 0) is 4.79 Å². The van der Waals surface area contributed by atoms with E-state index in [1.54, 1.807) is 0 Å². The molecule has 1 aromatic heterocycles. The van der Waals surface area contributed by atoms with Crippen molar-refractivity contribution in [2.75, 3.05) is 11.9 Å². The van der Waals surface area contributed by atoms with Gasteiger partial charge in [0, 0.05) is 21.8 Å². The SMILES string of the molecule is Cc1ccccc1OCCCC(=O)Nc1nc(-c2ccc(Br)cc2)cs1. The lowest BCUT2D eigenvalue weighted by atomic mass is 10.2. The minimum absolute atomic E-state index is 0.0462. The van der Waals surface area contributed by atoms with Gasteiger partial charge in [-0.05, 0) is 37.1 Å². The zero-order valence-corrected chi connectivity index (χ0v) is 16.8. The number of benzene rings is 2. The third kappa shape index (κ3) is 5.16. The second-order valence-electron chi connectivity index (χ2n) is 5.81. The van der Waals surface area contributed by atoms with Gasteiger partial charge in [-0.2, -0.15) is 0 Å². The predicted molar refractivity (Wildman–Crippen MR) is 110 cm³/mol. The topological polar surface area (TPSA) is 51.2 Å². The number of carbonyl (C=O) groups is 1. The highest BCUT2D eigenvalue weighted by Gasteiger charge is 2.08. The molecule has 1 amide bonds. The molecule has 0 atom stereocenters. The van der Waals surface area contributed by atoms with Crippen molar-refractivity contribution < 1.29 is 9.53 Å². The summed E-state index contributed by atoms with van der Waals surface area (Å²) >= 11 is 4.85. The Labute approximate surface area is 165 Å². The molecule has 0 unspecified atom stereocenters. The van der Waals surface area contributed by atoms with Crippen LogP contribution in [0.4, 0.5) is 5.13 Å². The van der Waals surface area contributed by atoms with Crippen molar-refractivity contribution in [2.45, 2.75) is 19.8 Å². The standard InChI is InChI=1S/C20H19BrN2O2S/c1-14-5-2-3-6-18(14)25-12-4-7-19(24)23-20-22-17(13-26-20)15-8-10-16(21)11-9-15/h2-3,5-6,8-11,13H,4,7,12H2,1H3,(H,22,23,24). The van der Waals surface area contributed by atoms with E-state index in [9.17, 15) is 4.79 Å². The van der Waals surface area contributed by atoms with E-state index in [-0.39, 0.29) is 5.91 Å². The first kappa shape index (κ1) is 18.6. The molecule has 0 aliphatic rings. The van der Waals surface area contributed by atoms with Gasteiger partial charge in [0.15, 0.2) is 5.13 Å². The average Bonchev–Trinajstić information content (AvgIpc) is 3.09. The monoisotopic (exact) mass is 430 g/mol. The summed E-state index contributed by atoms with van der Waals surface area (Å²) in [6.07, 6.45) is 1.06. The predicted octanol–water partition coefficient (Wildman–Crippen LogP) is 5.68. The molecule has 0 fully saturated rings. The van der Waals surface area contributed by atoms with Crippen molar-refractivity contribution in [2.24, 2.45) is 0 Å². The highest BCUT2D eigenvalue weighted by atomic mass is 79.9. The number of nitrogens with one attached hydrogen (secondary N) is 1. The highest BCUT2D eigenvalue weighted by Crippen LogP contribution is 2.26. The Balaban J connectivity index is 1.45. The Morgan fingerprint density at radius 2 is 1.96 bits per heavy atom. The van der Waals surface area contributed by atoms with Gasteiger partial charge in [-0.1, -0.05) is 46.3 Å². The van der Waals surface area contributed by atoms with Gasteiger partial charge in [0.1, 0.15) is 5.75 Å². The number of hydrogen-bond acceptors (Lipinski definition) is 4. The second-order valence-corrected chi connectivity index (χ2v) is 7.58. The molecular formula is C20H19BrN2O2S. The van der Waals surface area contributed by atoms with E-state index < -0.39 is 0 Å². The molecule has 6 heteroatoms. The van der Waals surface area contributed by atoms with Crippen LogP contribution in [-0.4, -0.2) is 17.5 Å². The third-order valence-corrected chi connectivity index (χ3v) is 5.08. The molecule has 0 saturated heterocycles. The van der Waals surface area contributed by atoms with Gasteiger partial charge >= 0.3 is 0 Å². The van der Waals surface area contributed by atoms with E-state index in [1.807, 2.05) is 60.8 Å². The van der Waals surface area contributed by atoms with Crippen LogP contribution in [0.3, 0.4) is 0 Å². The van der Waals surface area contributed by atoms with Crippen molar-refractivity contribution in [3.8, 4) is 17.0 Å². The van der Waals surface area contributed by atoms with Crippen molar-refractivity contribution in [1.29, 1.82) is 0 Å². The summed E-state index contributed by atoms with van der Waals surface area (Å²) in [5, 5.41) is 5.42. The average molecular weight is 431 g/mol. The van der Waals surface area contributed by atoms with Gasteiger partial charge in [-0.25, -0.2) is 4.98 Å². The number of ether oxygens (including phenoxy) is 1. The van der Waals surface area contributed by atoms with Crippen LogP contribution in [0, 0.1) is 6.92 Å². The van der Waals surface area contributed by atoms with Crippen LogP contribution in [0.25, 0.3) is 11.3 Å². The van der Waals surface area contributed by atoms with Gasteiger partial charge in [-0.15, -0.1) is 11.3 Å². The fourth-order valence-corrected chi connectivity index (χ4v) is 3.40. The largest absolute Gasteiger partial charge is 0.493 e. The van der Waals surface area contributed by atoms with E-state index in [0.29, 0.717) is 24.6 Å². The zero-order chi connectivity index (χ0) is 18.4. The minimum atomic E-state index is -0.0462. The van der Waals surface area contributed by atoms with Crippen LogP contribution in [0.2, 0.25) is 0 Å². The van der Waals surface area contributed by atoms with Crippen LogP contribution >= 0.6 is 27.3 Å². The van der Waals surface area contributed by atoms with Crippen molar-refractivity contribution in [3.63, 3.8) is 0 Å². The van der Waals surface area contributed by atoms with Crippen LogP contribution < -0.4 is 10.1 Å². The first-order chi connectivity index (χ1) is 12.6. The third-order valence-electron chi connectivity index (χ3n) is 3.79. The number of anilines is 1.